The van der Waals surface area contributed by atoms with E-state index in [1.54, 1.807) is 0 Å². The van der Waals surface area contributed by atoms with Crippen molar-refractivity contribution >= 4 is 18.4 Å². The molecule has 0 aliphatic carbocycles. The Bertz CT molecular complexity index is 134. The van der Waals surface area contributed by atoms with E-state index in [0.29, 0.717) is 0 Å². The molecule has 0 saturated carbocycles. The highest BCUT2D eigenvalue weighted by Crippen LogP contribution is 2.10. The molecular weight excluding hydrogens is 197 g/mol. The molecule has 0 rings (SSSR count). The SMILES string of the molecule is Cl.O=C(O)C(F)C(F)CCCF. The summed E-state index contributed by atoms with van der Waals surface area (Å²) in [4.78, 5) is 9.80. The molecule has 6 heteroatoms. The lowest BCUT2D eigenvalue weighted by Gasteiger charge is -2.07. The molecule has 0 radical (unpaired) electrons. The van der Waals surface area contributed by atoms with Gasteiger partial charge in [0.2, 0.25) is 6.17 Å². The zero-order chi connectivity index (χ0) is 8.85. The summed E-state index contributed by atoms with van der Waals surface area (Å²) >= 11 is 0. The van der Waals surface area contributed by atoms with Crippen molar-refractivity contribution in [1.29, 1.82) is 0 Å². The Labute approximate surface area is 74.2 Å². The highest BCUT2D eigenvalue weighted by Gasteiger charge is 2.26. The molecule has 0 amide bonds. The number of carboxylic acid groups (broad SMARTS) is 1. The summed E-state index contributed by atoms with van der Waals surface area (Å²) in [7, 11) is 0. The Balaban J connectivity index is 0. The van der Waals surface area contributed by atoms with Crippen LogP contribution in [-0.2, 0) is 4.79 Å². The molecule has 2 nitrogen and oxygen atoms in total. The molecule has 1 N–H and O–H groups in total. The maximum atomic E-state index is 12.3. The van der Waals surface area contributed by atoms with Crippen LogP contribution in [0.4, 0.5) is 13.2 Å². The Morgan fingerprint density at radius 3 is 2.25 bits per heavy atom. The highest BCUT2D eigenvalue weighted by molar-refractivity contribution is 5.85. The molecule has 0 aromatic rings. The van der Waals surface area contributed by atoms with Crippen LogP contribution in [0.25, 0.3) is 0 Å². The average Bonchev–Trinajstić information content (AvgIpc) is 1.98. The normalized spacial score (nSPS) is 14.6. The molecule has 12 heavy (non-hydrogen) atoms. The van der Waals surface area contributed by atoms with Gasteiger partial charge in [0.1, 0.15) is 6.17 Å². The summed E-state index contributed by atoms with van der Waals surface area (Å²) in [5, 5.41) is 7.94. The maximum Gasteiger partial charge on any atom is 0.341 e. The van der Waals surface area contributed by atoms with Crippen LogP contribution in [0.15, 0.2) is 0 Å². The summed E-state index contributed by atoms with van der Waals surface area (Å²) in [5.41, 5.74) is 0. The Hall–Kier alpha value is -0.450. The van der Waals surface area contributed by atoms with Gasteiger partial charge in [-0.15, -0.1) is 12.4 Å². The fourth-order valence-corrected chi connectivity index (χ4v) is 0.573. The zero-order valence-corrected chi connectivity index (χ0v) is 6.99. The van der Waals surface area contributed by atoms with Crippen LogP contribution in [0.5, 0.6) is 0 Å². The second-order valence-corrected chi connectivity index (χ2v) is 2.09. The van der Waals surface area contributed by atoms with Gasteiger partial charge in [-0.1, -0.05) is 0 Å². The predicted molar refractivity (Wildman–Crippen MR) is 39.9 cm³/mol. The largest absolute Gasteiger partial charge is 0.479 e. The van der Waals surface area contributed by atoms with Gasteiger partial charge < -0.3 is 5.11 Å². The molecular formula is C6H10ClF3O2. The monoisotopic (exact) mass is 206 g/mol. The van der Waals surface area contributed by atoms with Crippen LogP contribution in [0.1, 0.15) is 12.8 Å². The Kier molecular flexibility index (Phi) is 8.47. The second kappa shape index (κ2) is 7.21. The molecule has 0 aromatic heterocycles. The molecule has 2 unspecified atom stereocenters. The predicted octanol–water partition coefficient (Wildman–Crippen LogP) is 1.92. The molecule has 74 valence electrons. The lowest BCUT2D eigenvalue weighted by Crippen LogP contribution is -2.26. The minimum absolute atomic E-state index is 0. The molecule has 0 aliphatic rings. The average molecular weight is 207 g/mol. The van der Waals surface area contributed by atoms with E-state index < -0.39 is 25.0 Å². The first-order valence-electron chi connectivity index (χ1n) is 3.16. The van der Waals surface area contributed by atoms with Crippen molar-refractivity contribution in [3.8, 4) is 0 Å². The molecule has 0 aromatic carbocycles. The summed E-state index contributed by atoms with van der Waals surface area (Å²) in [6.45, 7) is -0.757. The van der Waals surface area contributed by atoms with Crippen molar-refractivity contribution < 1.29 is 23.1 Å². The number of hydrogen-bond donors (Lipinski definition) is 1. The quantitative estimate of drug-likeness (QED) is 0.746. The van der Waals surface area contributed by atoms with E-state index in [1.807, 2.05) is 0 Å². The highest BCUT2D eigenvalue weighted by atomic mass is 35.5. The zero-order valence-electron chi connectivity index (χ0n) is 6.17. The fraction of sp³-hybridized carbons (Fsp3) is 0.833. The molecule has 0 saturated heterocycles. The Morgan fingerprint density at radius 2 is 1.92 bits per heavy atom. The summed E-state index contributed by atoms with van der Waals surface area (Å²) in [6.07, 6.45) is -5.15. The molecule has 0 fully saturated rings. The third-order valence-corrected chi connectivity index (χ3v) is 1.17. The minimum Gasteiger partial charge on any atom is -0.479 e. The van der Waals surface area contributed by atoms with E-state index >= 15 is 0 Å². The van der Waals surface area contributed by atoms with Gasteiger partial charge in [-0.3, -0.25) is 4.39 Å². The third-order valence-electron chi connectivity index (χ3n) is 1.17. The maximum absolute atomic E-state index is 12.3. The van der Waals surface area contributed by atoms with Crippen LogP contribution in [0.3, 0.4) is 0 Å². The van der Waals surface area contributed by atoms with Crippen molar-refractivity contribution in [2.75, 3.05) is 6.67 Å². The van der Waals surface area contributed by atoms with Crippen LogP contribution < -0.4 is 0 Å². The van der Waals surface area contributed by atoms with Crippen molar-refractivity contribution in [3.05, 3.63) is 0 Å². The topological polar surface area (TPSA) is 37.3 Å². The molecule has 2 atom stereocenters. The van der Waals surface area contributed by atoms with Gasteiger partial charge in [-0.05, 0) is 12.8 Å². The summed E-state index contributed by atoms with van der Waals surface area (Å²) in [5.74, 6) is -1.84. The number of aliphatic carboxylic acids is 1. The first kappa shape index (κ1) is 14.1. The number of halogens is 4. The first-order valence-corrected chi connectivity index (χ1v) is 3.16. The van der Waals surface area contributed by atoms with Gasteiger partial charge in [0.15, 0.2) is 0 Å². The number of hydrogen-bond acceptors (Lipinski definition) is 1. The van der Waals surface area contributed by atoms with E-state index in [4.69, 9.17) is 5.11 Å². The standard InChI is InChI=1S/C6H9F3O2.ClH/c7-3-1-2-4(8)5(9)6(10)11;/h4-5H,1-3H2,(H,10,11);1H. The van der Waals surface area contributed by atoms with Gasteiger partial charge in [0.25, 0.3) is 0 Å². The van der Waals surface area contributed by atoms with Gasteiger partial charge in [0.05, 0.1) is 6.67 Å². The lowest BCUT2D eigenvalue weighted by atomic mass is 10.1. The van der Waals surface area contributed by atoms with Crippen LogP contribution in [0.2, 0.25) is 0 Å². The fourth-order valence-electron chi connectivity index (χ4n) is 0.573. The van der Waals surface area contributed by atoms with Gasteiger partial charge in [-0.2, -0.15) is 0 Å². The molecule has 0 heterocycles. The van der Waals surface area contributed by atoms with Gasteiger partial charge in [-0.25, -0.2) is 13.6 Å². The molecule has 0 spiro atoms. The smallest absolute Gasteiger partial charge is 0.341 e. The third kappa shape index (κ3) is 5.23. The van der Waals surface area contributed by atoms with E-state index in [9.17, 15) is 18.0 Å². The van der Waals surface area contributed by atoms with Crippen molar-refractivity contribution in [2.24, 2.45) is 0 Å². The van der Waals surface area contributed by atoms with Crippen LogP contribution in [0, 0.1) is 0 Å². The minimum atomic E-state index is -2.53. The summed E-state index contributed by atoms with van der Waals surface area (Å²) < 4.78 is 35.8. The second-order valence-electron chi connectivity index (χ2n) is 2.09. The van der Waals surface area contributed by atoms with E-state index in [-0.39, 0.29) is 25.2 Å². The number of carboxylic acids is 1. The van der Waals surface area contributed by atoms with E-state index in [2.05, 4.69) is 0 Å². The molecule has 0 bridgehead atoms. The summed E-state index contributed by atoms with van der Waals surface area (Å²) in [6, 6.07) is 0. The number of rotatable bonds is 5. The lowest BCUT2D eigenvalue weighted by molar-refractivity contribution is -0.145. The molecule has 0 aliphatic heterocycles. The van der Waals surface area contributed by atoms with Crippen molar-refractivity contribution in [2.45, 2.75) is 25.2 Å². The van der Waals surface area contributed by atoms with Crippen LogP contribution in [-0.4, -0.2) is 30.1 Å². The van der Waals surface area contributed by atoms with Gasteiger partial charge in [0, 0.05) is 0 Å². The van der Waals surface area contributed by atoms with Crippen molar-refractivity contribution in [1.82, 2.24) is 0 Å². The van der Waals surface area contributed by atoms with Crippen LogP contribution >= 0.6 is 12.4 Å². The number of alkyl halides is 3. The van der Waals surface area contributed by atoms with E-state index in [1.165, 1.54) is 0 Å². The van der Waals surface area contributed by atoms with Crippen molar-refractivity contribution in [3.63, 3.8) is 0 Å². The first-order chi connectivity index (χ1) is 5.09. The van der Waals surface area contributed by atoms with E-state index in [0.717, 1.165) is 0 Å². The van der Waals surface area contributed by atoms with Gasteiger partial charge >= 0.3 is 5.97 Å². The number of carbonyl (C=O) groups is 1. The Morgan fingerprint density at radius 1 is 1.42 bits per heavy atom.